The molecule has 1 aromatic rings. The van der Waals surface area contributed by atoms with Gasteiger partial charge in [-0.1, -0.05) is 11.6 Å². The van der Waals surface area contributed by atoms with Crippen LogP contribution in [-0.2, 0) is 0 Å². The molecule has 1 heterocycles. The molecule has 1 saturated carbocycles. The van der Waals surface area contributed by atoms with Crippen molar-refractivity contribution in [1.82, 2.24) is 9.97 Å². The van der Waals surface area contributed by atoms with Gasteiger partial charge in [-0.3, -0.25) is 0 Å². The molecule has 1 aromatic heterocycles. The maximum atomic E-state index is 9.39. The predicted molar refractivity (Wildman–Crippen MR) is 63.9 cm³/mol. The first-order valence-electron chi connectivity index (χ1n) is 5.25. The lowest BCUT2D eigenvalue weighted by molar-refractivity contribution is 0.178. The van der Waals surface area contributed by atoms with Gasteiger partial charge in [0.15, 0.2) is 0 Å². The summed E-state index contributed by atoms with van der Waals surface area (Å²) in [4.78, 5) is 7.78. The van der Waals surface area contributed by atoms with E-state index in [1.807, 2.05) is 0 Å². The SMILES string of the molecule is OC1CCC(CNc2nc(Cl)ncc2Cl)C1. The van der Waals surface area contributed by atoms with Crippen molar-refractivity contribution in [3.05, 3.63) is 16.5 Å². The van der Waals surface area contributed by atoms with Crippen LogP contribution in [0.4, 0.5) is 5.82 Å². The first-order chi connectivity index (χ1) is 7.65. The molecule has 1 aliphatic rings. The average Bonchev–Trinajstić information content (AvgIpc) is 2.66. The molecule has 2 N–H and O–H groups in total. The monoisotopic (exact) mass is 261 g/mol. The minimum atomic E-state index is -0.156. The average molecular weight is 262 g/mol. The van der Waals surface area contributed by atoms with Gasteiger partial charge >= 0.3 is 0 Å². The zero-order chi connectivity index (χ0) is 11.5. The Balaban J connectivity index is 1.91. The second-order valence-electron chi connectivity index (χ2n) is 4.05. The van der Waals surface area contributed by atoms with Crippen molar-refractivity contribution in [1.29, 1.82) is 0 Å². The summed E-state index contributed by atoms with van der Waals surface area (Å²) < 4.78 is 0. The van der Waals surface area contributed by atoms with Gasteiger partial charge in [0.05, 0.1) is 12.3 Å². The van der Waals surface area contributed by atoms with Crippen LogP contribution in [-0.4, -0.2) is 27.7 Å². The molecule has 1 fully saturated rings. The largest absolute Gasteiger partial charge is 0.393 e. The fraction of sp³-hybridized carbons (Fsp3) is 0.600. The third kappa shape index (κ3) is 2.97. The van der Waals surface area contributed by atoms with E-state index in [0.29, 0.717) is 16.8 Å². The number of anilines is 1. The van der Waals surface area contributed by atoms with E-state index in [0.717, 1.165) is 25.8 Å². The summed E-state index contributed by atoms with van der Waals surface area (Å²) in [6, 6.07) is 0. The van der Waals surface area contributed by atoms with E-state index in [1.165, 1.54) is 6.20 Å². The molecule has 0 bridgehead atoms. The highest BCUT2D eigenvalue weighted by molar-refractivity contribution is 6.33. The molecule has 2 unspecified atom stereocenters. The predicted octanol–water partition coefficient (Wildman–Crippen LogP) is 2.36. The molecule has 0 spiro atoms. The van der Waals surface area contributed by atoms with E-state index in [9.17, 15) is 5.11 Å². The second kappa shape index (κ2) is 5.17. The van der Waals surface area contributed by atoms with Crippen molar-refractivity contribution in [2.24, 2.45) is 5.92 Å². The van der Waals surface area contributed by atoms with Crippen LogP contribution in [0.25, 0.3) is 0 Å². The third-order valence-electron chi connectivity index (χ3n) is 2.79. The van der Waals surface area contributed by atoms with E-state index >= 15 is 0 Å². The number of hydrogen-bond donors (Lipinski definition) is 2. The van der Waals surface area contributed by atoms with Crippen molar-refractivity contribution in [2.45, 2.75) is 25.4 Å². The fourth-order valence-electron chi connectivity index (χ4n) is 1.94. The lowest BCUT2D eigenvalue weighted by Gasteiger charge is -2.12. The lowest BCUT2D eigenvalue weighted by Crippen LogP contribution is -2.13. The van der Waals surface area contributed by atoms with E-state index in [2.05, 4.69) is 15.3 Å². The highest BCUT2D eigenvalue weighted by atomic mass is 35.5. The first-order valence-corrected chi connectivity index (χ1v) is 6.00. The summed E-state index contributed by atoms with van der Waals surface area (Å²) in [5.74, 6) is 1.03. The maximum Gasteiger partial charge on any atom is 0.224 e. The van der Waals surface area contributed by atoms with Crippen LogP contribution in [0.2, 0.25) is 10.3 Å². The first kappa shape index (κ1) is 11.9. The smallest absolute Gasteiger partial charge is 0.224 e. The Bertz CT molecular complexity index is 375. The number of hydrogen-bond acceptors (Lipinski definition) is 4. The van der Waals surface area contributed by atoms with Crippen molar-refractivity contribution in [3.63, 3.8) is 0 Å². The van der Waals surface area contributed by atoms with Crippen LogP contribution in [0.3, 0.4) is 0 Å². The fourth-order valence-corrected chi connectivity index (χ4v) is 2.24. The minimum absolute atomic E-state index is 0.156. The van der Waals surface area contributed by atoms with Crippen LogP contribution < -0.4 is 5.32 Å². The Morgan fingerprint density at radius 3 is 2.94 bits per heavy atom. The third-order valence-corrected chi connectivity index (χ3v) is 3.25. The lowest BCUT2D eigenvalue weighted by atomic mass is 10.1. The number of nitrogens with zero attached hydrogens (tertiary/aromatic N) is 2. The minimum Gasteiger partial charge on any atom is -0.393 e. The van der Waals surface area contributed by atoms with E-state index in [4.69, 9.17) is 23.2 Å². The molecule has 0 aromatic carbocycles. The molecule has 0 saturated heterocycles. The van der Waals surface area contributed by atoms with E-state index < -0.39 is 0 Å². The summed E-state index contributed by atoms with van der Waals surface area (Å²) in [5.41, 5.74) is 0. The number of aromatic nitrogens is 2. The Morgan fingerprint density at radius 2 is 2.25 bits per heavy atom. The number of aliphatic hydroxyl groups excluding tert-OH is 1. The molecule has 2 atom stereocenters. The molecule has 0 aliphatic heterocycles. The highest BCUT2D eigenvalue weighted by Crippen LogP contribution is 2.26. The van der Waals surface area contributed by atoms with Crippen molar-refractivity contribution in [3.8, 4) is 0 Å². The van der Waals surface area contributed by atoms with Crippen LogP contribution in [0.15, 0.2) is 6.20 Å². The normalized spacial score (nSPS) is 24.7. The number of rotatable bonds is 3. The maximum absolute atomic E-state index is 9.39. The Kier molecular flexibility index (Phi) is 3.84. The number of aliphatic hydroxyl groups is 1. The van der Waals surface area contributed by atoms with Gasteiger partial charge in [-0.15, -0.1) is 0 Å². The molecule has 6 heteroatoms. The Morgan fingerprint density at radius 1 is 1.44 bits per heavy atom. The number of halogens is 2. The second-order valence-corrected chi connectivity index (χ2v) is 4.79. The van der Waals surface area contributed by atoms with E-state index in [1.54, 1.807) is 0 Å². The van der Waals surface area contributed by atoms with Crippen LogP contribution in [0.5, 0.6) is 0 Å². The van der Waals surface area contributed by atoms with Gasteiger partial charge in [-0.05, 0) is 36.8 Å². The molecule has 0 radical (unpaired) electrons. The van der Waals surface area contributed by atoms with Crippen LogP contribution >= 0.6 is 23.2 Å². The number of nitrogens with one attached hydrogen (secondary N) is 1. The summed E-state index contributed by atoms with van der Waals surface area (Å²) in [6.45, 7) is 0.754. The van der Waals surface area contributed by atoms with Crippen molar-refractivity contribution in [2.75, 3.05) is 11.9 Å². The molecule has 2 rings (SSSR count). The molecule has 16 heavy (non-hydrogen) atoms. The topological polar surface area (TPSA) is 58.0 Å². The van der Waals surface area contributed by atoms with Gasteiger partial charge in [0.2, 0.25) is 5.28 Å². The Labute approximate surface area is 104 Å². The zero-order valence-electron chi connectivity index (χ0n) is 8.66. The molecule has 0 amide bonds. The van der Waals surface area contributed by atoms with Gasteiger partial charge in [0, 0.05) is 6.54 Å². The summed E-state index contributed by atoms with van der Waals surface area (Å²) in [7, 11) is 0. The van der Waals surface area contributed by atoms with E-state index in [-0.39, 0.29) is 11.4 Å². The van der Waals surface area contributed by atoms with Gasteiger partial charge in [-0.25, -0.2) is 4.98 Å². The van der Waals surface area contributed by atoms with Gasteiger partial charge < -0.3 is 10.4 Å². The molecule has 1 aliphatic carbocycles. The van der Waals surface area contributed by atoms with Crippen molar-refractivity contribution >= 4 is 29.0 Å². The van der Waals surface area contributed by atoms with Gasteiger partial charge in [0.25, 0.3) is 0 Å². The molecule has 88 valence electrons. The Hall–Kier alpha value is -0.580. The molecular weight excluding hydrogens is 249 g/mol. The standard InChI is InChI=1S/C10H13Cl2N3O/c11-8-5-14-10(12)15-9(8)13-4-6-1-2-7(16)3-6/h5-7,16H,1-4H2,(H,13,14,15). The quantitative estimate of drug-likeness (QED) is 0.821. The molecule has 4 nitrogen and oxygen atoms in total. The van der Waals surface area contributed by atoms with Crippen molar-refractivity contribution < 1.29 is 5.11 Å². The summed E-state index contributed by atoms with van der Waals surface area (Å²) >= 11 is 11.6. The molecular formula is C10H13Cl2N3O. The zero-order valence-corrected chi connectivity index (χ0v) is 10.2. The van der Waals surface area contributed by atoms with Crippen LogP contribution in [0, 0.1) is 5.92 Å². The summed E-state index contributed by atoms with van der Waals surface area (Å²) in [5, 5.41) is 13.2. The summed E-state index contributed by atoms with van der Waals surface area (Å²) in [6.07, 6.45) is 4.07. The van der Waals surface area contributed by atoms with Crippen LogP contribution in [0.1, 0.15) is 19.3 Å². The highest BCUT2D eigenvalue weighted by Gasteiger charge is 2.22. The van der Waals surface area contributed by atoms with Gasteiger partial charge in [-0.2, -0.15) is 4.98 Å². The van der Waals surface area contributed by atoms with Gasteiger partial charge in [0.1, 0.15) is 10.8 Å².